The molecule has 26 heavy (non-hydrogen) atoms. The number of hydrogen-bond acceptors (Lipinski definition) is 6. The van der Waals surface area contributed by atoms with Gasteiger partial charge in [0.1, 0.15) is 0 Å². The number of para-hydroxylation sites is 2. The summed E-state index contributed by atoms with van der Waals surface area (Å²) in [7, 11) is 4.61. The van der Waals surface area contributed by atoms with Crippen LogP contribution >= 0.6 is 0 Å². The van der Waals surface area contributed by atoms with Crippen molar-refractivity contribution in [3.8, 4) is 17.2 Å². The minimum atomic E-state index is -0.301. The van der Waals surface area contributed by atoms with Gasteiger partial charge in [-0.15, -0.1) is 0 Å². The number of methoxy groups -OCH3 is 3. The molecule has 0 spiro atoms. The number of nitrogen functional groups attached to an aromatic ring is 1. The van der Waals surface area contributed by atoms with Crippen molar-refractivity contribution in [1.82, 2.24) is 9.55 Å². The largest absolute Gasteiger partial charge is 0.493 e. The molecule has 3 aromatic rings. The summed E-state index contributed by atoms with van der Waals surface area (Å²) in [5.74, 6) is 1.34. The van der Waals surface area contributed by atoms with E-state index in [1.165, 1.54) is 32.0 Å². The Morgan fingerprint density at radius 2 is 1.73 bits per heavy atom. The molecule has 0 saturated heterocycles. The molecule has 134 valence electrons. The summed E-state index contributed by atoms with van der Waals surface area (Å²) in [6.07, 6.45) is 3.08. The zero-order valence-electron chi connectivity index (χ0n) is 14.7. The van der Waals surface area contributed by atoms with Gasteiger partial charge in [0, 0.05) is 6.08 Å². The number of imidazole rings is 1. The van der Waals surface area contributed by atoms with E-state index in [0.717, 1.165) is 5.56 Å². The second-order valence-electron chi connectivity index (χ2n) is 5.42. The predicted octanol–water partition coefficient (Wildman–Crippen LogP) is 3.00. The number of ether oxygens (including phenoxy) is 3. The van der Waals surface area contributed by atoms with Crippen LogP contribution in [0.4, 0.5) is 5.95 Å². The van der Waals surface area contributed by atoms with Gasteiger partial charge in [0.15, 0.2) is 11.5 Å². The molecule has 7 nitrogen and oxygen atoms in total. The quantitative estimate of drug-likeness (QED) is 0.709. The number of fused-ring (bicyclic) bond motifs is 1. The molecule has 7 heteroatoms. The average molecular weight is 353 g/mol. The Bertz CT molecular complexity index is 967. The lowest BCUT2D eigenvalue weighted by atomic mass is 10.1. The van der Waals surface area contributed by atoms with Crippen LogP contribution in [0.2, 0.25) is 0 Å². The van der Waals surface area contributed by atoms with Crippen molar-refractivity contribution in [2.75, 3.05) is 27.1 Å². The van der Waals surface area contributed by atoms with E-state index in [0.29, 0.717) is 28.3 Å². The molecule has 0 saturated carbocycles. The molecular formula is C19H19N3O4. The first-order valence-electron chi connectivity index (χ1n) is 7.84. The fourth-order valence-electron chi connectivity index (χ4n) is 2.72. The van der Waals surface area contributed by atoms with Crippen LogP contribution in [0.3, 0.4) is 0 Å². The van der Waals surface area contributed by atoms with Gasteiger partial charge < -0.3 is 19.9 Å². The minimum Gasteiger partial charge on any atom is -0.493 e. The summed E-state index contributed by atoms with van der Waals surface area (Å²) >= 11 is 0. The van der Waals surface area contributed by atoms with Gasteiger partial charge in [0.2, 0.25) is 11.7 Å². The van der Waals surface area contributed by atoms with Crippen LogP contribution in [-0.4, -0.2) is 36.8 Å². The van der Waals surface area contributed by atoms with Crippen molar-refractivity contribution in [2.45, 2.75) is 0 Å². The van der Waals surface area contributed by atoms with Crippen molar-refractivity contribution >= 4 is 29.0 Å². The van der Waals surface area contributed by atoms with Gasteiger partial charge in [-0.1, -0.05) is 12.1 Å². The van der Waals surface area contributed by atoms with Gasteiger partial charge in [-0.25, -0.2) is 9.55 Å². The van der Waals surface area contributed by atoms with Gasteiger partial charge in [0.25, 0.3) is 5.91 Å². The Labute approximate surface area is 150 Å². The standard InChI is InChI=1S/C19H19N3O4/c1-24-15-10-12(11-16(25-2)18(15)26-3)8-9-17(23)22-14-7-5-4-6-13(14)21-19(22)20/h4-11H,1-3H3,(H2,20,21). The first kappa shape index (κ1) is 17.3. The molecule has 2 N–H and O–H groups in total. The summed E-state index contributed by atoms with van der Waals surface area (Å²) in [5, 5.41) is 0. The number of nitrogens with two attached hydrogens (primary N) is 1. The van der Waals surface area contributed by atoms with Crippen molar-refractivity contribution in [1.29, 1.82) is 0 Å². The van der Waals surface area contributed by atoms with E-state index in [-0.39, 0.29) is 11.9 Å². The summed E-state index contributed by atoms with van der Waals surface area (Å²) in [6.45, 7) is 0. The number of carbonyl (C=O) groups excluding carboxylic acids is 1. The number of anilines is 1. The molecule has 0 bridgehead atoms. The van der Waals surface area contributed by atoms with Crippen molar-refractivity contribution < 1.29 is 19.0 Å². The highest BCUT2D eigenvalue weighted by molar-refractivity contribution is 6.01. The molecule has 0 fully saturated rings. The lowest BCUT2D eigenvalue weighted by molar-refractivity contribution is 0.0976. The number of allylic oxidation sites excluding steroid dienone is 1. The minimum absolute atomic E-state index is 0.144. The van der Waals surface area contributed by atoms with Gasteiger partial charge in [-0.2, -0.15) is 0 Å². The molecule has 3 rings (SSSR count). The number of carbonyl (C=O) groups is 1. The molecule has 0 aliphatic carbocycles. The molecule has 0 aliphatic heterocycles. The third-order valence-electron chi connectivity index (χ3n) is 3.91. The average Bonchev–Trinajstić information content (AvgIpc) is 3.00. The van der Waals surface area contributed by atoms with Gasteiger partial charge >= 0.3 is 0 Å². The van der Waals surface area contributed by atoms with Crippen molar-refractivity contribution in [2.24, 2.45) is 0 Å². The predicted molar refractivity (Wildman–Crippen MR) is 99.9 cm³/mol. The zero-order chi connectivity index (χ0) is 18.7. The summed E-state index contributed by atoms with van der Waals surface area (Å²) in [6, 6.07) is 10.8. The molecular weight excluding hydrogens is 334 g/mol. The topological polar surface area (TPSA) is 88.6 Å². The van der Waals surface area contributed by atoms with Gasteiger partial charge in [-0.05, 0) is 35.9 Å². The Morgan fingerprint density at radius 1 is 1.08 bits per heavy atom. The highest BCUT2D eigenvalue weighted by Crippen LogP contribution is 2.38. The van der Waals surface area contributed by atoms with E-state index in [9.17, 15) is 4.79 Å². The number of benzene rings is 2. The van der Waals surface area contributed by atoms with Crippen LogP contribution in [0.5, 0.6) is 17.2 Å². The second-order valence-corrected chi connectivity index (χ2v) is 5.42. The first-order valence-corrected chi connectivity index (χ1v) is 7.84. The van der Waals surface area contributed by atoms with E-state index < -0.39 is 0 Å². The SMILES string of the molecule is COc1cc(C=CC(=O)n2c(N)nc3ccccc32)cc(OC)c1OC. The molecule has 0 atom stereocenters. The molecule has 1 aromatic heterocycles. The lowest BCUT2D eigenvalue weighted by Crippen LogP contribution is -2.10. The van der Waals surface area contributed by atoms with Crippen LogP contribution in [0, 0.1) is 0 Å². The Balaban J connectivity index is 1.96. The van der Waals surface area contributed by atoms with Crippen LogP contribution in [0.15, 0.2) is 42.5 Å². The highest BCUT2D eigenvalue weighted by Gasteiger charge is 2.14. The van der Waals surface area contributed by atoms with Crippen LogP contribution in [0.1, 0.15) is 10.4 Å². The monoisotopic (exact) mass is 353 g/mol. The summed E-state index contributed by atoms with van der Waals surface area (Å²) in [5.41, 5.74) is 7.93. The maximum Gasteiger partial charge on any atom is 0.257 e. The molecule has 0 unspecified atom stereocenters. The molecule has 0 amide bonds. The van der Waals surface area contributed by atoms with Crippen LogP contribution in [0.25, 0.3) is 17.1 Å². The van der Waals surface area contributed by atoms with Gasteiger partial charge in [-0.3, -0.25) is 4.79 Å². The van der Waals surface area contributed by atoms with Crippen LogP contribution in [-0.2, 0) is 0 Å². The molecule has 1 heterocycles. The van der Waals surface area contributed by atoms with Crippen molar-refractivity contribution in [3.63, 3.8) is 0 Å². The normalized spacial score (nSPS) is 11.0. The summed E-state index contributed by atoms with van der Waals surface area (Å²) < 4.78 is 17.3. The van der Waals surface area contributed by atoms with E-state index in [1.54, 1.807) is 30.3 Å². The fourth-order valence-corrected chi connectivity index (χ4v) is 2.72. The van der Waals surface area contributed by atoms with E-state index >= 15 is 0 Å². The first-order chi connectivity index (χ1) is 12.6. The van der Waals surface area contributed by atoms with Crippen LogP contribution < -0.4 is 19.9 Å². The lowest BCUT2D eigenvalue weighted by Gasteiger charge is -2.12. The third kappa shape index (κ3) is 3.06. The number of hydrogen-bond donors (Lipinski definition) is 1. The number of rotatable bonds is 5. The number of nitrogens with zero attached hydrogens (tertiary/aromatic N) is 2. The molecule has 0 radical (unpaired) electrons. The maximum absolute atomic E-state index is 12.6. The van der Waals surface area contributed by atoms with E-state index in [2.05, 4.69) is 4.98 Å². The molecule has 2 aromatic carbocycles. The highest BCUT2D eigenvalue weighted by atomic mass is 16.5. The summed E-state index contributed by atoms with van der Waals surface area (Å²) in [4.78, 5) is 16.8. The maximum atomic E-state index is 12.6. The smallest absolute Gasteiger partial charge is 0.257 e. The third-order valence-corrected chi connectivity index (χ3v) is 3.91. The number of aromatic nitrogens is 2. The Morgan fingerprint density at radius 3 is 2.35 bits per heavy atom. The fraction of sp³-hybridized carbons (Fsp3) is 0.158. The van der Waals surface area contributed by atoms with E-state index in [1.807, 2.05) is 12.1 Å². The Hall–Kier alpha value is -3.48. The zero-order valence-corrected chi connectivity index (χ0v) is 14.7. The van der Waals surface area contributed by atoms with Crippen molar-refractivity contribution in [3.05, 3.63) is 48.0 Å². The van der Waals surface area contributed by atoms with E-state index in [4.69, 9.17) is 19.9 Å². The Kier molecular flexibility index (Phi) is 4.79. The second kappa shape index (κ2) is 7.18. The van der Waals surface area contributed by atoms with Gasteiger partial charge in [0.05, 0.1) is 32.4 Å². The molecule has 0 aliphatic rings.